The maximum Gasteiger partial charge on any atom is 0.137 e. The van der Waals surface area contributed by atoms with Gasteiger partial charge in [-0.25, -0.2) is 9.97 Å². The van der Waals surface area contributed by atoms with E-state index in [-0.39, 0.29) is 0 Å². The molecule has 5 heteroatoms. The third-order valence-corrected chi connectivity index (χ3v) is 2.46. The fourth-order valence-corrected chi connectivity index (χ4v) is 1.59. The highest BCUT2D eigenvalue weighted by molar-refractivity contribution is 5.57. The Kier molecular flexibility index (Phi) is 4.49. The Hall–Kier alpha value is -1.36. The second-order valence-corrected chi connectivity index (χ2v) is 4.07. The van der Waals surface area contributed by atoms with Gasteiger partial charge in [0.05, 0.1) is 6.61 Å². The quantitative estimate of drug-likeness (QED) is 0.815. The molecule has 16 heavy (non-hydrogen) atoms. The summed E-state index contributed by atoms with van der Waals surface area (Å²) in [6, 6.07) is 0. The highest BCUT2D eigenvalue weighted by atomic mass is 16.5. The molecule has 5 nitrogen and oxygen atoms in total. The van der Waals surface area contributed by atoms with Gasteiger partial charge in [-0.3, -0.25) is 0 Å². The number of nitrogens with zero attached hydrogens (tertiary/aromatic N) is 3. The van der Waals surface area contributed by atoms with Gasteiger partial charge in [-0.1, -0.05) is 13.8 Å². The molecular weight excluding hydrogens is 204 g/mol. The Morgan fingerprint density at radius 2 is 2.12 bits per heavy atom. The summed E-state index contributed by atoms with van der Waals surface area (Å²) >= 11 is 0. The molecule has 0 radical (unpaired) electrons. The normalized spacial score (nSPS) is 10.8. The summed E-state index contributed by atoms with van der Waals surface area (Å²) in [5, 5.41) is 0. The van der Waals surface area contributed by atoms with Gasteiger partial charge >= 0.3 is 0 Å². The monoisotopic (exact) mass is 224 g/mol. The zero-order valence-electron chi connectivity index (χ0n) is 10.4. The number of hydrogen-bond acceptors (Lipinski definition) is 5. The maximum absolute atomic E-state index is 5.88. The largest absolute Gasteiger partial charge is 0.383 e. The van der Waals surface area contributed by atoms with Crippen LogP contribution in [0.2, 0.25) is 0 Å². The minimum absolute atomic E-state index is 0.307. The summed E-state index contributed by atoms with van der Waals surface area (Å²) in [5.74, 6) is 1.75. The molecule has 0 aromatic carbocycles. The predicted molar refractivity (Wildman–Crippen MR) is 65.7 cm³/mol. The highest BCUT2D eigenvalue weighted by Crippen LogP contribution is 2.28. The lowest BCUT2D eigenvalue weighted by atomic mass is 10.0. The molecule has 0 amide bonds. The number of nitrogens with two attached hydrogens (primary N) is 1. The highest BCUT2D eigenvalue weighted by Gasteiger charge is 2.15. The minimum Gasteiger partial charge on any atom is -0.383 e. The van der Waals surface area contributed by atoms with Crippen LogP contribution in [0.1, 0.15) is 25.3 Å². The standard InChI is InChI=1S/C11H20N4O/c1-8(2)9-10(12)13-7-14-11(9)15(3)5-6-16-4/h7-8H,5-6H2,1-4H3,(H2,12,13,14). The topological polar surface area (TPSA) is 64.3 Å². The smallest absolute Gasteiger partial charge is 0.137 e. The first-order valence-electron chi connectivity index (χ1n) is 5.38. The average molecular weight is 224 g/mol. The van der Waals surface area contributed by atoms with Crippen LogP contribution in [0.5, 0.6) is 0 Å². The van der Waals surface area contributed by atoms with Crippen molar-refractivity contribution in [1.82, 2.24) is 9.97 Å². The molecule has 1 aromatic heterocycles. The van der Waals surface area contributed by atoms with E-state index >= 15 is 0 Å². The van der Waals surface area contributed by atoms with Crippen molar-refractivity contribution in [2.45, 2.75) is 19.8 Å². The summed E-state index contributed by atoms with van der Waals surface area (Å²) in [7, 11) is 3.66. The van der Waals surface area contributed by atoms with Crippen molar-refractivity contribution in [1.29, 1.82) is 0 Å². The molecule has 90 valence electrons. The van der Waals surface area contributed by atoms with E-state index in [1.54, 1.807) is 7.11 Å². The van der Waals surface area contributed by atoms with Gasteiger partial charge in [0.15, 0.2) is 0 Å². The number of ether oxygens (including phenoxy) is 1. The van der Waals surface area contributed by atoms with E-state index in [1.807, 2.05) is 11.9 Å². The van der Waals surface area contributed by atoms with E-state index in [0.29, 0.717) is 18.3 Å². The molecule has 0 bridgehead atoms. The molecule has 0 spiro atoms. The Bertz CT molecular complexity index is 341. The minimum atomic E-state index is 0.307. The van der Waals surface area contributed by atoms with Crippen molar-refractivity contribution >= 4 is 11.6 Å². The SMILES string of the molecule is COCCN(C)c1ncnc(N)c1C(C)C. The third kappa shape index (κ3) is 2.82. The number of rotatable bonds is 5. The molecule has 0 saturated heterocycles. The Morgan fingerprint density at radius 1 is 1.44 bits per heavy atom. The molecule has 0 atom stereocenters. The molecular formula is C11H20N4O. The number of hydrogen-bond donors (Lipinski definition) is 1. The summed E-state index contributed by atoms with van der Waals surface area (Å²) in [4.78, 5) is 10.4. The fourth-order valence-electron chi connectivity index (χ4n) is 1.59. The van der Waals surface area contributed by atoms with Crippen molar-refractivity contribution in [2.75, 3.05) is 37.9 Å². The Morgan fingerprint density at radius 3 is 2.69 bits per heavy atom. The van der Waals surface area contributed by atoms with Crippen LogP contribution < -0.4 is 10.6 Å². The molecule has 0 unspecified atom stereocenters. The van der Waals surface area contributed by atoms with Gasteiger partial charge in [-0.2, -0.15) is 0 Å². The number of aromatic nitrogens is 2. The number of methoxy groups -OCH3 is 1. The van der Waals surface area contributed by atoms with E-state index in [9.17, 15) is 0 Å². The first-order valence-corrected chi connectivity index (χ1v) is 5.38. The second-order valence-electron chi connectivity index (χ2n) is 4.07. The van der Waals surface area contributed by atoms with Crippen LogP contribution in [0.15, 0.2) is 6.33 Å². The molecule has 0 aliphatic heterocycles. The molecule has 0 aliphatic carbocycles. The van der Waals surface area contributed by atoms with Gasteiger partial charge < -0.3 is 15.4 Å². The third-order valence-electron chi connectivity index (χ3n) is 2.46. The fraction of sp³-hybridized carbons (Fsp3) is 0.636. The van der Waals surface area contributed by atoms with E-state index in [2.05, 4.69) is 23.8 Å². The van der Waals surface area contributed by atoms with Crippen molar-refractivity contribution in [2.24, 2.45) is 0 Å². The molecule has 0 fully saturated rings. The molecule has 2 N–H and O–H groups in total. The zero-order chi connectivity index (χ0) is 12.1. The maximum atomic E-state index is 5.88. The van der Waals surface area contributed by atoms with Gasteiger partial charge in [0, 0.05) is 26.3 Å². The van der Waals surface area contributed by atoms with Crippen LogP contribution in [-0.4, -0.2) is 37.3 Å². The molecule has 1 rings (SSSR count). The summed E-state index contributed by atoms with van der Waals surface area (Å²) in [5.41, 5.74) is 6.88. The zero-order valence-corrected chi connectivity index (χ0v) is 10.4. The van der Waals surface area contributed by atoms with Crippen molar-refractivity contribution in [3.63, 3.8) is 0 Å². The summed E-state index contributed by atoms with van der Waals surface area (Å²) in [6.07, 6.45) is 1.50. The summed E-state index contributed by atoms with van der Waals surface area (Å²) in [6.45, 7) is 5.62. The summed E-state index contributed by atoms with van der Waals surface area (Å²) < 4.78 is 5.05. The van der Waals surface area contributed by atoms with Gasteiger partial charge in [-0.15, -0.1) is 0 Å². The number of likely N-dealkylation sites (N-methyl/N-ethyl adjacent to an activating group) is 1. The number of anilines is 2. The Labute approximate surface area is 96.6 Å². The first-order chi connectivity index (χ1) is 7.57. The van der Waals surface area contributed by atoms with Gasteiger partial charge in [-0.05, 0) is 5.92 Å². The van der Waals surface area contributed by atoms with E-state index in [4.69, 9.17) is 10.5 Å². The van der Waals surface area contributed by atoms with E-state index in [0.717, 1.165) is 17.9 Å². The lowest BCUT2D eigenvalue weighted by molar-refractivity contribution is 0.206. The van der Waals surface area contributed by atoms with E-state index in [1.165, 1.54) is 6.33 Å². The van der Waals surface area contributed by atoms with Gasteiger partial charge in [0.25, 0.3) is 0 Å². The van der Waals surface area contributed by atoms with Gasteiger partial charge in [0.2, 0.25) is 0 Å². The average Bonchev–Trinajstić information content (AvgIpc) is 2.24. The van der Waals surface area contributed by atoms with Crippen LogP contribution in [0.4, 0.5) is 11.6 Å². The van der Waals surface area contributed by atoms with Crippen molar-refractivity contribution in [3.05, 3.63) is 11.9 Å². The van der Waals surface area contributed by atoms with E-state index < -0.39 is 0 Å². The van der Waals surface area contributed by atoms with Crippen LogP contribution in [0, 0.1) is 0 Å². The lowest BCUT2D eigenvalue weighted by Crippen LogP contribution is -2.25. The van der Waals surface area contributed by atoms with Crippen molar-refractivity contribution < 1.29 is 4.74 Å². The van der Waals surface area contributed by atoms with Crippen LogP contribution >= 0.6 is 0 Å². The number of nitrogen functional groups attached to an aromatic ring is 1. The van der Waals surface area contributed by atoms with Gasteiger partial charge in [0.1, 0.15) is 18.0 Å². The second kappa shape index (κ2) is 5.65. The van der Waals surface area contributed by atoms with Crippen LogP contribution in [0.25, 0.3) is 0 Å². The first kappa shape index (κ1) is 12.7. The molecule has 0 saturated carbocycles. The molecule has 1 heterocycles. The lowest BCUT2D eigenvalue weighted by Gasteiger charge is -2.22. The van der Waals surface area contributed by atoms with Crippen LogP contribution in [-0.2, 0) is 4.74 Å². The van der Waals surface area contributed by atoms with Crippen LogP contribution in [0.3, 0.4) is 0 Å². The van der Waals surface area contributed by atoms with Crippen molar-refractivity contribution in [3.8, 4) is 0 Å². The predicted octanol–water partition coefficient (Wildman–Crippen LogP) is 1.26. The molecule has 0 aliphatic rings. The molecule has 1 aromatic rings. The Balaban J connectivity index is 2.98.